The lowest BCUT2D eigenvalue weighted by molar-refractivity contribution is 0.220. The lowest BCUT2D eigenvalue weighted by Gasteiger charge is -2.16. The van der Waals surface area contributed by atoms with Crippen molar-refractivity contribution in [3.63, 3.8) is 0 Å². The maximum atomic E-state index is 5.79. The fraction of sp³-hybridized carbons (Fsp3) is 0.375. The molecule has 0 saturated heterocycles. The monoisotopic (exact) mass is 274 g/mol. The first-order chi connectivity index (χ1) is 9.69. The van der Waals surface area contributed by atoms with Crippen LogP contribution in [0.25, 0.3) is 0 Å². The Hall–Kier alpha value is -1.78. The van der Waals surface area contributed by atoms with E-state index in [-0.39, 0.29) is 0 Å². The van der Waals surface area contributed by atoms with E-state index in [4.69, 9.17) is 14.9 Å². The highest BCUT2D eigenvalue weighted by atomic mass is 16.5. The van der Waals surface area contributed by atoms with E-state index < -0.39 is 0 Å². The molecule has 108 valence electrons. The van der Waals surface area contributed by atoms with Crippen LogP contribution in [0.4, 0.5) is 0 Å². The van der Waals surface area contributed by atoms with Crippen LogP contribution in [-0.4, -0.2) is 25.1 Å². The van der Waals surface area contributed by atoms with Crippen molar-refractivity contribution < 1.29 is 9.15 Å². The Balaban J connectivity index is 1.77. The number of nitrogens with two attached hydrogens (primary N) is 1. The lowest BCUT2D eigenvalue weighted by Crippen LogP contribution is -2.23. The van der Waals surface area contributed by atoms with Crippen LogP contribution in [0.3, 0.4) is 0 Å². The highest BCUT2D eigenvalue weighted by Gasteiger charge is 2.05. The van der Waals surface area contributed by atoms with Gasteiger partial charge in [0.05, 0.1) is 6.54 Å². The lowest BCUT2D eigenvalue weighted by atomic mass is 10.2. The first-order valence-electron chi connectivity index (χ1n) is 6.83. The Morgan fingerprint density at radius 3 is 2.70 bits per heavy atom. The van der Waals surface area contributed by atoms with Gasteiger partial charge in [-0.05, 0) is 32.2 Å². The van der Waals surface area contributed by atoms with Crippen molar-refractivity contribution in [3.8, 4) is 5.75 Å². The maximum absolute atomic E-state index is 5.79. The Kier molecular flexibility index (Phi) is 5.21. The van der Waals surface area contributed by atoms with Crippen LogP contribution in [0.15, 0.2) is 40.8 Å². The van der Waals surface area contributed by atoms with Gasteiger partial charge in [-0.2, -0.15) is 0 Å². The quantitative estimate of drug-likeness (QED) is 0.843. The van der Waals surface area contributed by atoms with E-state index in [0.717, 1.165) is 35.9 Å². The topological polar surface area (TPSA) is 51.6 Å². The summed E-state index contributed by atoms with van der Waals surface area (Å²) in [6.07, 6.45) is 0. The summed E-state index contributed by atoms with van der Waals surface area (Å²) < 4.78 is 11.3. The standard InChI is InChI=1S/C16H22N2O2/c1-13-7-8-15(20-13)12-18(2)9-10-19-16-6-4-3-5-14(16)11-17/h3-8H,9-12,17H2,1-2H3. The normalized spacial score (nSPS) is 11.0. The van der Waals surface area contributed by atoms with Crippen LogP contribution < -0.4 is 10.5 Å². The van der Waals surface area contributed by atoms with E-state index in [9.17, 15) is 0 Å². The predicted octanol–water partition coefficient (Wildman–Crippen LogP) is 2.56. The number of likely N-dealkylation sites (N-methyl/N-ethyl adjacent to an activating group) is 1. The van der Waals surface area contributed by atoms with Crippen LogP contribution in [0.1, 0.15) is 17.1 Å². The molecular weight excluding hydrogens is 252 g/mol. The second-order valence-electron chi connectivity index (χ2n) is 4.91. The summed E-state index contributed by atoms with van der Waals surface area (Å²) in [6.45, 7) is 4.70. The van der Waals surface area contributed by atoms with E-state index in [2.05, 4.69) is 11.9 Å². The SMILES string of the molecule is Cc1ccc(CN(C)CCOc2ccccc2CN)o1. The summed E-state index contributed by atoms with van der Waals surface area (Å²) in [7, 11) is 2.05. The number of hydrogen-bond acceptors (Lipinski definition) is 4. The third-order valence-electron chi connectivity index (χ3n) is 3.14. The van der Waals surface area contributed by atoms with E-state index in [1.165, 1.54) is 0 Å². The van der Waals surface area contributed by atoms with Gasteiger partial charge in [-0.1, -0.05) is 18.2 Å². The third kappa shape index (κ3) is 4.11. The highest BCUT2D eigenvalue weighted by molar-refractivity contribution is 5.32. The molecule has 0 saturated carbocycles. The van der Waals surface area contributed by atoms with Crippen LogP contribution in [0, 0.1) is 6.92 Å². The minimum Gasteiger partial charge on any atom is -0.492 e. The molecule has 1 aromatic heterocycles. The number of nitrogens with zero attached hydrogens (tertiary/aromatic N) is 1. The maximum Gasteiger partial charge on any atom is 0.123 e. The second kappa shape index (κ2) is 7.12. The summed E-state index contributed by atoms with van der Waals surface area (Å²) in [5.74, 6) is 2.80. The number of aryl methyl sites for hydroxylation is 1. The fourth-order valence-electron chi connectivity index (χ4n) is 2.04. The van der Waals surface area contributed by atoms with Gasteiger partial charge in [0.1, 0.15) is 23.9 Å². The van der Waals surface area contributed by atoms with E-state index in [1.807, 2.05) is 43.3 Å². The van der Waals surface area contributed by atoms with Crippen molar-refractivity contribution >= 4 is 0 Å². The van der Waals surface area contributed by atoms with Gasteiger partial charge in [-0.3, -0.25) is 4.90 Å². The Morgan fingerprint density at radius 2 is 2.00 bits per heavy atom. The minimum atomic E-state index is 0.498. The van der Waals surface area contributed by atoms with Gasteiger partial charge < -0.3 is 14.9 Å². The molecule has 0 bridgehead atoms. The molecule has 0 aliphatic heterocycles. The average Bonchev–Trinajstić information content (AvgIpc) is 2.84. The Morgan fingerprint density at radius 1 is 1.20 bits per heavy atom. The van der Waals surface area contributed by atoms with Crippen LogP contribution in [-0.2, 0) is 13.1 Å². The summed E-state index contributed by atoms with van der Waals surface area (Å²) in [4.78, 5) is 2.17. The minimum absolute atomic E-state index is 0.498. The Labute approximate surface area is 120 Å². The van der Waals surface area contributed by atoms with Gasteiger partial charge in [0, 0.05) is 18.7 Å². The van der Waals surface area contributed by atoms with E-state index >= 15 is 0 Å². The van der Waals surface area contributed by atoms with Crippen LogP contribution >= 0.6 is 0 Å². The van der Waals surface area contributed by atoms with Gasteiger partial charge in [-0.15, -0.1) is 0 Å². The number of rotatable bonds is 7. The average molecular weight is 274 g/mol. The van der Waals surface area contributed by atoms with Crippen molar-refractivity contribution in [3.05, 3.63) is 53.5 Å². The molecule has 4 nitrogen and oxygen atoms in total. The van der Waals surface area contributed by atoms with Gasteiger partial charge in [0.2, 0.25) is 0 Å². The molecule has 0 spiro atoms. The summed E-state index contributed by atoms with van der Waals surface area (Å²) >= 11 is 0. The van der Waals surface area contributed by atoms with Crippen molar-refractivity contribution in [1.29, 1.82) is 0 Å². The smallest absolute Gasteiger partial charge is 0.123 e. The molecular formula is C16H22N2O2. The third-order valence-corrected chi connectivity index (χ3v) is 3.14. The summed E-state index contributed by atoms with van der Waals surface area (Å²) in [6, 6.07) is 11.9. The van der Waals surface area contributed by atoms with Gasteiger partial charge in [0.25, 0.3) is 0 Å². The largest absolute Gasteiger partial charge is 0.492 e. The highest BCUT2D eigenvalue weighted by Crippen LogP contribution is 2.17. The number of furan rings is 1. The summed E-state index contributed by atoms with van der Waals surface area (Å²) in [5.41, 5.74) is 6.72. The van der Waals surface area contributed by atoms with Gasteiger partial charge in [-0.25, -0.2) is 0 Å². The molecule has 0 unspecified atom stereocenters. The van der Waals surface area contributed by atoms with Crippen LogP contribution in [0.5, 0.6) is 5.75 Å². The number of benzene rings is 1. The predicted molar refractivity (Wildman–Crippen MR) is 79.6 cm³/mol. The van der Waals surface area contributed by atoms with Gasteiger partial charge in [0.15, 0.2) is 0 Å². The van der Waals surface area contributed by atoms with Crippen LogP contribution in [0.2, 0.25) is 0 Å². The zero-order valence-electron chi connectivity index (χ0n) is 12.1. The molecule has 1 aromatic carbocycles. The zero-order chi connectivity index (χ0) is 14.4. The second-order valence-corrected chi connectivity index (χ2v) is 4.91. The molecule has 2 aromatic rings. The van der Waals surface area contributed by atoms with E-state index in [1.54, 1.807) is 0 Å². The molecule has 0 atom stereocenters. The van der Waals surface area contributed by atoms with Gasteiger partial charge >= 0.3 is 0 Å². The molecule has 2 N–H and O–H groups in total. The first kappa shape index (κ1) is 14.6. The molecule has 0 radical (unpaired) electrons. The van der Waals surface area contributed by atoms with Crippen molar-refractivity contribution in [2.45, 2.75) is 20.0 Å². The molecule has 2 rings (SSSR count). The molecule has 1 heterocycles. The molecule has 0 fully saturated rings. The number of ether oxygens (including phenoxy) is 1. The molecule has 4 heteroatoms. The van der Waals surface area contributed by atoms with Crippen molar-refractivity contribution in [2.24, 2.45) is 5.73 Å². The molecule has 0 aliphatic carbocycles. The molecule has 0 amide bonds. The summed E-state index contributed by atoms with van der Waals surface area (Å²) in [5, 5.41) is 0. The fourth-order valence-corrected chi connectivity index (χ4v) is 2.04. The molecule has 0 aliphatic rings. The van der Waals surface area contributed by atoms with Crippen molar-refractivity contribution in [2.75, 3.05) is 20.2 Å². The zero-order valence-corrected chi connectivity index (χ0v) is 12.1. The number of hydrogen-bond donors (Lipinski definition) is 1. The first-order valence-corrected chi connectivity index (χ1v) is 6.83. The Bertz CT molecular complexity index is 537. The number of para-hydroxylation sites is 1. The van der Waals surface area contributed by atoms with E-state index in [0.29, 0.717) is 13.2 Å². The molecule has 20 heavy (non-hydrogen) atoms. The van der Waals surface area contributed by atoms with Crippen molar-refractivity contribution in [1.82, 2.24) is 4.90 Å².